The Kier molecular flexibility index (Phi) is 3.03. The predicted molar refractivity (Wildman–Crippen MR) is 55.3 cm³/mol. The summed E-state index contributed by atoms with van der Waals surface area (Å²) in [6.07, 6.45) is 5.96. The summed E-state index contributed by atoms with van der Waals surface area (Å²) in [5, 5.41) is 7.52. The van der Waals surface area contributed by atoms with Gasteiger partial charge in [0, 0.05) is 32.5 Å². The van der Waals surface area contributed by atoms with E-state index in [2.05, 4.69) is 10.4 Å². The number of rotatable bonds is 3. The molecular formula is C10H17N3O. The Labute approximate surface area is 84.3 Å². The number of anilines is 1. The lowest BCUT2D eigenvalue weighted by molar-refractivity contribution is 0.0247. The third-order valence-corrected chi connectivity index (χ3v) is 2.50. The molecule has 0 amide bonds. The Morgan fingerprint density at radius 3 is 3.21 bits per heavy atom. The van der Waals surface area contributed by atoms with Gasteiger partial charge in [-0.25, -0.2) is 0 Å². The second kappa shape index (κ2) is 4.46. The maximum Gasteiger partial charge on any atom is 0.148 e. The van der Waals surface area contributed by atoms with E-state index in [1.54, 1.807) is 4.68 Å². The Bertz CT molecular complexity index is 279. The Balaban J connectivity index is 1.76. The summed E-state index contributed by atoms with van der Waals surface area (Å²) in [6.45, 7) is 1.78. The molecule has 1 aliphatic heterocycles. The van der Waals surface area contributed by atoms with Gasteiger partial charge >= 0.3 is 0 Å². The number of nitrogens with one attached hydrogen (secondary N) is 1. The van der Waals surface area contributed by atoms with Crippen molar-refractivity contribution >= 4 is 5.82 Å². The molecule has 2 heterocycles. The maximum atomic E-state index is 5.61. The van der Waals surface area contributed by atoms with Crippen LogP contribution in [0, 0.1) is 0 Å². The third kappa shape index (κ3) is 2.48. The average Bonchev–Trinajstić information content (AvgIpc) is 2.63. The van der Waals surface area contributed by atoms with Crippen LogP contribution in [0.1, 0.15) is 19.3 Å². The molecule has 78 valence electrons. The molecule has 0 bridgehead atoms. The molecule has 14 heavy (non-hydrogen) atoms. The zero-order chi connectivity index (χ0) is 9.80. The fourth-order valence-corrected chi connectivity index (χ4v) is 1.70. The van der Waals surface area contributed by atoms with Crippen LogP contribution < -0.4 is 5.32 Å². The summed E-state index contributed by atoms with van der Waals surface area (Å²) < 4.78 is 7.41. The second-order valence-electron chi connectivity index (χ2n) is 3.74. The van der Waals surface area contributed by atoms with E-state index in [1.807, 2.05) is 19.3 Å². The van der Waals surface area contributed by atoms with Crippen molar-refractivity contribution in [2.75, 3.05) is 18.5 Å². The second-order valence-corrected chi connectivity index (χ2v) is 3.74. The van der Waals surface area contributed by atoms with E-state index in [0.29, 0.717) is 6.10 Å². The van der Waals surface area contributed by atoms with Gasteiger partial charge in [0.15, 0.2) is 0 Å². The van der Waals surface area contributed by atoms with E-state index in [9.17, 15) is 0 Å². The summed E-state index contributed by atoms with van der Waals surface area (Å²) in [5.74, 6) is 0.932. The summed E-state index contributed by atoms with van der Waals surface area (Å²) in [5.41, 5.74) is 0. The molecule has 1 atom stereocenters. The summed E-state index contributed by atoms with van der Waals surface area (Å²) >= 11 is 0. The largest absolute Gasteiger partial charge is 0.376 e. The molecule has 1 fully saturated rings. The molecular weight excluding hydrogens is 178 g/mol. The van der Waals surface area contributed by atoms with E-state index in [4.69, 9.17) is 4.74 Å². The molecule has 0 saturated carbocycles. The Morgan fingerprint density at radius 1 is 1.64 bits per heavy atom. The maximum absolute atomic E-state index is 5.61. The molecule has 1 unspecified atom stereocenters. The van der Waals surface area contributed by atoms with Crippen molar-refractivity contribution < 1.29 is 4.74 Å². The van der Waals surface area contributed by atoms with Gasteiger partial charge in [-0.15, -0.1) is 0 Å². The van der Waals surface area contributed by atoms with Crippen molar-refractivity contribution in [2.24, 2.45) is 7.05 Å². The van der Waals surface area contributed by atoms with E-state index < -0.39 is 0 Å². The number of aromatic nitrogens is 2. The molecule has 1 saturated heterocycles. The zero-order valence-corrected chi connectivity index (χ0v) is 8.57. The zero-order valence-electron chi connectivity index (χ0n) is 8.57. The van der Waals surface area contributed by atoms with Gasteiger partial charge in [-0.3, -0.25) is 4.68 Å². The van der Waals surface area contributed by atoms with Crippen molar-refractivity contribution in [3.63, 3.8) is 0 Å². The number of hydrogen-bond donors (Lipinski definition) is 1. The van der Waals surface area contributed by atoms with E-state index in [1.165, 1.54) is 19.3 Å². The average molecular weight is 195 g/mol. The van der Waals surface area contributed by atoms with Gasteiger partial charge < -0.3 is 10.1 Å². The quantitative estimate of drug-likeness (QED) is 0.792. The molecule has 1 aromatic heterocycles. The lowest BCUT2D eigenvalue weighted by Crippen LogP contribution is -2.27. The first-order valence-corrected chi connectivity index (χ1v) is 5.20. The van der Waals surface area contributed by atoms with Crippen LogP contribution in [0.25, 0.3) is 0 Å². The third-order valence-electron chi connectivity index (χ3n) is 2.50. The van der Waals surface area contributed by atoms with Crippen LogP contribution in [-0.2, 0) is 11.8 Å². The lowest BCUT2D eigenvalue weighted by Gasteiger charge is -2.22. The van der Waals surface area contributed by atoms with Crippen LogP contribution in [-0.4, -0.2) is 29.0 Å². The van der Waals surface area contributed by atoms with E-state index in [-0.39, 0.29) is 0 Å². The summed E-state index contributed by atoms with van der Waals surface area (Å²) in [4.78, 5) is 0. The minimum absolute atomic E-state index is 0.366. The van der Waals surface area contributed by atoms with Crippen LogP contribution in [0.15, 0.2) is 12.3 Å². The van der Waals surface area contributed by atoms with Crippen molar-refractivity contribution in [1.29, 1.82) is 0 Å². The molecule has 1 aliphatic rings. The van der Waals surface area contributed by atoms with Crippen molar-refractivity contribution in [2.45, 2.75) is 25.4 Å². The van der Waals surface area contributed by atoms with E-state index in [0.717, 1.165) is 19.0 Å². The molecule has 1 aromatic rings. The van der Waals surface area contributed by atoms with Crippen molar-refractivity contribution in [1.82, 2.24) is 9.78 Å². The Morgan fingerprint density at radius 2 is 2.57 bits per heavy atom. The van der Waals surface area contributed by atoms with Crippen LogP contribution in [0.4, 0.5) is 5.82 Å². The number of aryl methyl sites for hydroxylation is 1. The minimum atomic E-state index is 0.366. The Hall–Kier alpha value is -1.03. The highest BCUT2D eigenvalue weighted by Crippen LogP contribution is 2.13. The molecule has 4 heteroatoms. The van der Waals surface area contributed by atoms with Crippen molar-refractivity contribution in [3.05, 3.63) is 12.3 Å². The number of hydrogen-bond acceptors (Lipinski definition) is 3. The number of nitrogens with zero attached hydrogens (tertiary/aromatic N) is 2. The van der Waals surface area contributed by atoms with Gasteiger partial charge in [-0.05, 0) is 19.3 Å². The smallest absolute Gasteiger partial charge is 0.148 e. The molecule has 4 nitrogen and oxygen atoms in total. The number of ether oxygens (including phenoxy) is 1. The fourth-order valence-electron chi connectivity index (χ4n) is 1.70. The first-order chi connectivity index (χ1) is 6.84. The van der Waals surface area contributed by atoms with Gasteiger partial charge in [0.1, 0.15) is 5.82 Å². The van der Waals surface area contributed by atoms with Gasteiger partial charge in [-0.1, -0.05) is 0 Å². The van der Waals surface area contributed by atoms with Crippen LogP contribution in [0.2, 0.25) is 0 Å². The van der Waals surface area contributed by atoms with Gasteiger partial charge in [0.05, 0.1) is 6.10 Å². The topological polar surface area (TPSA) is 39.1 Å². The van der Waals surface area contributed by atoms with E-state index >= 15 is 0 Å². The predicted octanol–water partition coefficient (Wildman–Crippen LogP) is 1.40. The fraction of sp³-hybridized carbons (Fsp3) is 0.700. The van der Waals surface area contributed by atoms with Gasteiger partial charge in [0.25, 0.3) is 0 Å². The normalized spacial score (nSPS) is 22.2. The molecule has 0 aromatic carbocycles. The van der Waals surface area contributed by atoms with Crippen LogP contribution in [0.3, 0.4) is 0 Å². The molecule has 1 N–H and O–H groups in total. The highest BCUT2D eigenvalue weighted by molar-refractivity contribution is 5.32. The van der Waals surface area contributed by atoms with Gasteiger partial charge in [0.2, 0.25) is 0 Å². The van der Waals surface area contributed by atoms with Crippen LogP contribution in [0.5, 0.6) is 0 Å². The molecule has 0 spiro atoms. The minimum Gasteiger partial charge on any atom is -0.376 e. The highest BCUT2D eigenvalue weighted by Gasteiger charge is 2.13. The molecule has 0 aliphatic carbocycles. The highest BCUT2D eigenvalue weighted by atomic mass is 16.5. The van der Waals surface area contributed by atoms with Gasteiger partial charge in [-0.2, -0.15) is 5.10 Å². The molecule has 0 radical (unpaired) electrons. The molecule has 2 rings (SSSR count). The lowest BCUT2D eigenvalue weighted by atomic mass is 10.1. The monoisotopic (exact) mass is 195 g/mol. The summed E-state index contributed by atoms with van der Waals surface area (Å²) in [7, 11) is 1.92. The summed E-state index contributed by atoms with van der Waals surface area (Å²) in [6, 6.07) is 1.98. The standard InChI is InChI=1S/C10H17N3O/c1-13-6-5-10(12-13)11-8-9-4-2-3-7-14-9/h5-6,9H,2-4,7-8H2,1H3,(H,11,12). The van der Waals surface area contributed by atoms with Crippen molar-refractivity contribution in [3.8, 4) is 0 Å². The van der Waals surface area contributed by atoms with Crippen LogP contribution >= 0.6 is 0 Å². The first kappa shape index (κ1) is 9.52. The first-order valence-electron chi connectivity index (χ1n) is 5.20. The SMILES string of the molecule is Cn1ccc(NCC2CCCCO2)n1.